The molecule has 0 atom stereocenters. The van der Waals surface area contributed by atoms with Gasteiger partial charge in [0.1, 0.15) is 12.1 Å². The summed E-state index contributed by atoms with van der Waals surface area (Å²) < 4.78 is 0. The van der Waals surface area contributed by atoms with Crippen molar-refractivity contribution in [2.45, 2.75) is 6.92 Å². The number of aromatic nitrogens is 2. The fourth-order valence-electron chi connectivity index (χ4n) is 2.69. The Hall–Kier alpha value is -2.69. The highest BCUT2D eigenvalue weighted by atomic mass is 16.2. The van der Waals surface area contributed by atoms with E-state index in [0.29, 0.717) is 13.1 Å². The molecule has 0 spiro atoms. The van der Waals surface area contributed by atoms with Gasteiger partial charge in [0.05, 0.1) is 5.69 Å². The zero-order chi connectivity index (χ0) is 16.1. The number of anilines is 1. The van der Waals surface area contributed by atoms with Crippen LogP contribution in [0.2, 0.25) is 0 Å². The van der Waals surface area contributed by atoms with Crippen LogP contribution in [0.15, 0.2) is 54.9 Å². The number of rotatable bonds is 3. The summed E-state index contributed by atoms with van der Waals surface area (Å²) in [6.07, 6.45) is 5.01. The monoisotopic (exact) mass is 308 g/mol. The Morgan fingerprint density at radius 3 is 2.52 bits per heavy atom. The van der Waals surface area contributed by atoms with Crippen molar-refractivity contribution in [2.75, 3.05) is 31.1 Å². The average Bonchev–Trinajstić information content (AvgIpc) is 2.63. The van der Waals surface area contributed by atoms with Gasteiger partial charge in [-0.25, -0.2) is 9.97 Å². The van der Waals surface area contributed by atoms with E-state index in [4.69, 9.17) is 0 Å². The molecule has 23 heavy (non-hydrogen) atoms. The number of hydrogen-bond donors (Lipinski definition) is 0. The van der Waals surface area contributed by atoms with Crippen LogP contribution >= 0.6 is 0 Å². The molecule has 3 rings (SSSR count). The van der Waals surface area contributed by atoms with Crippen molar-refractivity contribution in [3.05, 3.63) is 54.9 Å². The average molecular weight is 308 g/mol. The van der Waals surface area contributed by atoms with Crippen LogP contribution in [0.1, 0.15) is 6.92 Å². The Bertz CT molecular complexity index is 691. The molecular weight excluding hydrogens is 288 g/mol. The third-order valence-corrected chi connectivity index (χ3v) is 3.95. The fraction of sp³-hybridized carbons (Fsp3) is 0.278. The lowest BCUT2D eigenvalue weighted by Crippen LogP contribution is -2.48. The van der Waals surface area contributed by atoms with Gasteiger partial charge < -0.3 is 9.80 Å². The van der Waals surface area contributed by atoms with E-state index in [9.17, 15) is 4.79 Å². The van der Waals surface area contributed by atoms with Gasteiger partial charge in [-0.1, -0.05) is 36.4 Å². The second kappa shape index (κ2) is 7.05. The predicted molar refractivity (Wildman–Crippen MR) is 91.1 cm³/mol. The molecule has 1 saturated heterocycles. The zero-order valence-corrected chi connectivity index (χ0v) is 13.2. The molecule has 0 radical (unpaired) electrons. The maximum absolute atomic E-state index is 11.9. The predicted octanol–water partition coefficient (Wildman–Crippen LogP) is 2.37. The van der Waals surface area contributed by atoms with Crippen molar-refractivity contribution in [1.82, 2.24) is 14.9 Å². The summed E-state index contributed by atoms with van der Waals surface area (Å²) in [4.78, 5) is 24.7. The summed E-state index contributed by atoms with van der Waals surface area (Å²) in [5.41, 5.74) is 2.00. The second-order valence-electron chi connectivity index (χ2n) is 5.44. The summed E-state index contributed by atoms with van der Waals surface area (Å²) in [6, 6.07) is 12.1. The van der Waals surface area contributed by atoms with Crippen LogP contribution in [-0.4, -0.2) is 47.0 Å². The van der Waals surface area contributed by atoms with Crippen molar-refractivity contribution >= 4 is 11.7 Å². The normalized spacial score (nSPS) is 15.2. The van der Waals surface area contributed by atoms with Crippen LogP contribution in [0.4, 0.5) is 5.82 Å². The lowest BCUT2D eigenvalue weighted by atomic mass is 10.1. The van der Waals surface area contributed by atoms with E-state index in [2.05, 4.69) is 14.9 Å². The Morgan fingerprint density at radius 1 is 1.09 bits per heavy atom. The van der Waals surface area contributed by atoms with E-state index in [1.807, 2.05) is 48.2 Å². The third-order valence-electron chi connectivity index (χ3n) is 3.95. The minimum absolute atomic E-state index is 0.0832. The molecule has 2 aromatic rings. The highest BCUT2D eigenvalue weighted by Crippen LogP contribution is 2.21. The number of amides is 1. The van der Waals surface area contributed by atoms with Gasteiger partial charge in [-0.3, -0.25) is 4.79 Å². The van der Waals surface area contributed by atoms with Gasteiger partial charge in [0.2, 0.25) is 5.91 Å². The number of nitrogens with zero attached hydrogens (tertiary/aromatic N) is 4. The first-order valence-electron chi connectivity index (χ1n) is 7.82. The van der Waals surface area contributed by atoms with Crippen molar-refractivity contribution in [2.24, 2.45) is 0 Å². The highest BCUT2D eigenvalue weighted by molar-refractivity contribution is 5.87. The molecule has 0 bridgehead atoms. The molecule has 1 amide bonds. The molecule has 1 fully saturated rings. The number of piperazine rings is 1. The Morgan fingerprint density at radius 2 is 1.83 bits per heavy atom. The van der Waals surface area contributed by atoms with Crippen molar-refractivity contribution in [3.63, 3.8) is 0 Å². The molecular formula is C18H20N4O. The molecule has 1 aliphatic heterocycles. The van der Waals surface area contributed by atoms with Gasteiger partial charge in [-0.2, -0.15) is 0 Å². The number of allylic oxidation sites excluding steroid dienone is 1. The number of carbonyl (C=O) groups is 1. The molecule has 1 aliphatic rings. The number of carbonyl (C=O) groups excluding carboxylic acids is 1. The van der Waals surface area contributed by atoms with Crippen LogP contribution in [0.5, 0.6) is 0 Å². The van der Waals surface area contributed by atoms with Crippen LogP contribution in [0, 0.1) is 0 Å². The molecule has 0 unspecified atom stereocenters. The minimum Gasteiger partial charge on any atom is -0.353 e. The first kappa shape index (κ1) is 15.2. The Kier molecular flexibility index (Phi) is 4.66. The Balaban J connectivity index is 1.71. The van der Waals surface area contributed by atoms with E-state index < -0.39 is 0 Å². The van der Waals surface area contributed by atoms with E-state index in [1.165, 1.54) is 0 Å². The molecule has 5 heteroatoms. The molecule has 5 nitrogen and oxygen atoms in total. The topological polar surface area (TPSA) is 49.3 Å². The summed E-state index contributed by atoms with van der Waals surface area (Å²) in [7, 11) is 0. The van der Waals surface area contributed by atoms with Gasteiger partial charge in [-0.05, 0) is 13.0 Å². The quantitative estimate of drug-likeness (QED) is 0.817. The van der Waals surface area contributed by atoms with Crippen molar-refractivity contribution in [1.29, 1.82) is 0 Å². The standard InChI is InChI=1S/C18H20N4O/c1-2-6-18(23)22-11-9-21(10-12-22)17-13-16(19-14-20-17)15-7-4-3-5-8-15/h2-8,13-14H,9-12H2,1H3/b6-2-. The zero-order valence-electron chi connectivity index (χ0n) is 13.2. The van der Waals surface area contributed by atoms with Crippen LogP contribution in [-0.2, 0) is 4.79 Å². The van der Waals surface area contributed by atoms with Crippen molar-refractivity contribution < 1.29 is 4.79 Å². The van der Waals surface area contributed by atoms with Crippen LogP contribution < -0.4 is 4.90 Å². The van der Waals surface area contributed by atoms with Crippen molar-refractivity contribution in [3.8, 4) is 11.3 Å². The lowest BCUT2D eigenvalue weighted by molar-refractivity contribution is -0.126. The largest absolute Gasteiger partial charge is 0.353 e. The molecule has 118 valence electrons. The van der Waals surface area contributed by atoms with E-state index in [0.717, 1.165) is 30.2 Å². The van der Waals surface area contributed by atoms with Gasteiger partial charge in [0.25, 0.3) is 0 Å². The summed E-state index contributed by atoms with van der Waals surface area (Å²) in [6.45, 7) is 4.87. The first-order chi connectivity index (χ1) is 11.3. The van der Waals surface area contributed by atoms with Crippen LogP contribution in [0.3, 0.4) is 0 Å². The van der Waals surface area contributed by atoms with Gasteiger partial charge in [-0.15, -0.1) is 0 Å². The van der Waals surface area contributed by atoms with E-state index in [-0.39, 0.29) is 5.91 Å². The minimum atomic E-state index is 0.0832. The number of benzene rings is 1. The summed E-state index contributed by atoms with van der Waals surface area (Å²) in [5.74, 6) is 0.997. The van der Waals surface area contributed by atoms with Gasteiger partial charge >= 0.3 is 0 Å². The molecule has 0 aliphatic carbocycles. The molecule has 2 heterocycles. The Labute approximate surface area is 136 Å². The summed E-state index contributed by atoms with van der Waals surface area (Å²) in [5, 5.41) is 0. The number of hydrogen-bond acceptors (Lipinski definition) is 4. The molecule has 0 N–H and O–H groups in total. The van der Waals surface area contributed by atoms with Gasteiger partial charge in [0.15, 0.2) is 0 Å². The van der Waals surface area contributed by atoms with E-state index in [1.54, 1.807) is 18.5 Å². The van der Waals surface area contributed by atoms with Crippen LogP contribution in [0.25, 0.3) is 11.3 Å². The first-order valence-corrected chi connectivity index (χ1v) is 7.82. The maximum Gasteiger partial charge on any atom is 0.246 e. The molecule has 1 aromatic heterocycles. The second-order valence-corrected chi connectivity index (χ2v) is 5.44. The van der Waals surface area contributed by atoms with E-state index >= 15 is 0 Å². The van der Waals surface area contributed by atoms with Gasteiger partial charge in [0, 0.05) is 37.8 Å². The smallest absolute Gasteiger partial charge is 0.246 e. The maximum atomic E-state index is 11.9. The molecule has 1 aromatic carbocycles. The third kappa shape index (κ3) is 3.56. The lowest BCUT2D eigenvalue weighted by Gasteiger charge is -2.35. The fourth-order valence-corrected chi connectivity index (χ4v) is 2.69. The SMILES string of the molecule is C/C=C\C(=O)N1CCN(c2cc(-c3ccccc3)ncn2)CC1. The molecule has 0 saturated carbocycles. The highest BCUT2D eigenvalue weighted by Gasteiger charge is 2.20. The summed E-state index contributed by atoms with van der Waals surface area (Å²) >= 11 is 0.